The Balaban J connectivity index is 1.90. The summed E-state index contributed by atoms with van der Waals surface area (Å²) < 4.78 is 2.57. The van der Waals surface area contributed by atoms with Gasteiger partial charge in [0.2, 0.25) is 0 Å². The number of thioether (sulfide) groups is 1. The van der Waals surface area contributed by atoms with Gasteiger partial charge < -0.3 is 5.73 Å². The van der Waals surface area contributed by atoms with E-state index < -0.39 is 0 Å². The van der Waals surface area contributed by atoms with Crippen molar-refractivity contribution in [2.75, 3.05) is 5.73 Å². The first-order valence-corrected chi connectivity index (χ1v) is 7.75. The number of nitrogens with two attached hydrogens (primary N) is 1. The molecule has 2 N–H and O–H groups in total. The van der Waals surface area contributed by atoms with Gasteiger partial charge in [0.15, 0.2) is 5.13 Å². The lowest BCUT2D eigenvalue weighted by molar-refractivity contribution is 1.01. The van der Waals surface area contributed by atoms with Crippen LogP contribution < -0.4 is 11.3 Å². The highest BCUT2D eigenvalue weighted by Gasteiger charge is 2.05. The monoisotopic (exact) mass is 304 g/mol. The second kappa shape index (κ2) is 5.26. The number of aromatic nitrogens is 3. The van der Waals surface area contributed by atoms with Crippen molar-refractivity contribution >= 4 is 33.9 Å². The molecule has 0 unspecified atom stereocenters. The lowest BCUT2D eigenvalue weighted by Crippen LogP contribution is -2.15. The molecule has 0 radical (unpaired) electrons. The topological polar surface area (TPSA) is 73.3 Å². The zero-order valence-electron chi connectivity index (χ0n) is 10.7. The lowest BCUT2D eigenvalue weighted by atomic mass is 10.3. The number of nitrogen functional groups attached to an aromatic ring is 1. The van der Waals surface area contributed by atoms with Gasteiger partial charge in [-0.1, -0.05) is 11.3 Å². The smallest absolute Gasteiger partial charge is 0.258 e. The molecular formula is C13H12N4OS2. The van der Waals surface area contributed by atoms with E-state index >= 15 is 0 Å². The number of rotatable bonds is 3. The average molecular weight is 304 g/mol. The molecule has 5 nitrogen and oxygen atoms in total. The summed E-state index contributed by atoms with van der Waals surface area (Å²) in [5.74, 6) is 0.626. The fraction of sp³-hybridized carbons (Fsp3) is 0.154. The number of hydrogen-bond acceptors (Lipinski definition) is 6. The van der Waals surface area contributed by atoms with Gasteiger partial charge in [0.1, 0.15) is 5.65 Å². The van der Waals surface area contributed by atoms with Crippen LogP contribution in [-0.2, 0) is 5.75 Å². The highest BCUT2D eigenvalue weighted by Crippen LogP contribution is 2.28. The Bertz CT molecular complexity index is 825. The second-order valence-corrected chi connectivity index (χ2v) is 6.66. The highest BCUT2D eigenvalue weighted by molar-refractivity contribution is 8.00. The van der Waals surface area contributed by atoms with Gasteiger partial charge in [-0.15, -0.1) is 11.8 Å². The molecule has 0 atom stereocenters. The summed E-state index contributed by atoms with van der Waals surface area (Å²) in [6, 6.07) is 5.37. The van der Waals surface area contributed by atoms with Crippen LogP contribution in [-0.4, -0.2) is 14.4 Å². The van der Waals surface area contributed by atoms with E-state index in [1.54, 1.807) is 34.6 Å². The summed E-state index contributed by atoms with van der Waals surface area (Å²) in [4.78, 5) is 20.5. The van der Waals surface area contributed by atoms with Crippen molar-refractivity contribution in [1.82, 2.24) is 14.4 Å². The van der Waals surface area contributed by atoms with Crippen molar-refractivity contribution in [3.05, 3.63) is 52.2 Å². The maximum atomic E-state index is 12.0. The lowest BCUT2D eigenvalue weighted by Gasteiger charge is -2.04. The van der Waals surface area contributed by atoms with E-state index in [2.05, 4.69) is 9.97 Å². The molecule has 0 saturated carbocycles. The second-order valence-electron chi connectivity index (χ2n) is 4.32. The van der Waals surface area contributed by atoms with Crippen LogP contribution in [0.4, 0.5) is 5.13 Å². The van der Waals surface area contributed by atoms with E-state index in [1.165, 1.54) is 11.3 Å². The molecule has 0 aliphatic carbocycles. The van der Waals surface area contributed by atoms with E-state index in [0.29, 0.717) is 16.5 Å². The quantitative estimate of drug-likeness (QED) is 0.752. The zero-order chi connectivity index (χ0) is 14.1. The highest BCUT2D eigenvalue weighted by atomic mass is 32.2. The zero-order valence-corrected chi connectivity index (χ0v) is 12.4. The summed E-state index contributed by atoms with van der Waals surface area (Å²) in [7, 11) is 0. The first-order chi connectivity index (χ1) is 9.61. The van der Waals surface area contributed by atoms with Gasteiger partial charge in [-0.25, -0.2) is 9.97 Å². The Morgan fingerprint density at radius 2 is 2.30 bits per heavy atom. The molecule has 0 saturated heterocycles. The normalized spacial score (nSPS) is 11.1. The minimum Gasteiger partial charge on any atom is -0.375 e. The molecule has 102 valence electrons. The summed E-state index contributed by atoms with van der Waals surface area (Å²) in [6.45, 7) is 1.98. The van der Waals surface area contributed by atoms with Crippen LogP contribution in [0, 0.1) is 6.92 Å². The molecule has 7 heteroatoms. The maximum Gasteiger partial charge on any atom is 0.258 e. The van der Waals surface area contributed by atoms with Crippen molar-refractivity contribution in [2.45, 2.75) is 16.9 Å². The fourth-order valence-electron chi connectivity index (χ4n) is 1.81. The summed E-state index contributed by atoms with van der Waals surface area (Å²) in [5.41, 5.74) is 8.05. The molecule has 0 aliphatic heterocycles. The third-order valence-electron chi connectivity index (χ3n) is 2.74. The molecule has 0 spiro atoms. The predicted molar refractivity (Wildman–Crippen MR) is 82.3 cm³/mol. The Kier molecular flexibility index (Phi) is 3.45. The third-order valence-corrected chi connectivity index (χ3v) is 4.80. The van der Waals surface area contributed by atoms with E-state index in [1.807, 2.05) is 19.1 Å². The van der Waals surface area contributed by atoms with Gasteiger partial charge in [-0.05, 0) is 24.6 Å². The van der Waals surface area contributed by atoms with Gasteiger partial charge in [-0.3, -0.25) is 9.20 Å². The van der Waals surface area contributed by atoms with Gasteiger partial charge in [-0.2, -0.15) is 0 Å². The predicted octanol–water partition coefficient (Wildman–Crippen LogP) is 2.33. The van der Waals surface area contributed by atoms with Crippen molar-refractivity contribution in [1.29, 1.82) is 0 Å². The number of anilines is 1. The van der Waals surface area contributed by atoms with Crippen molar-refractivity contribution < 1.29 is 0 Å². The molecule has 0 bridgehead atoms. The fourth-order valence-corrected chi connectivity index (χ4v) is 3.46. The van der Waals surface area contributed by atoms with Crippen LogP contribution in [0.25, 0.3) is 5.65 Å². The first-order valence-electron chi connectivity index (χ1n) is 5.95. The minimum absolute atomic E-state index is 0.0607. The van der Waals surface area contributed by atoms with Crippen molar-refractivity contribution in [3.63, 3.8) is 0 Å². The molecule has 20 heavy (non-hydrogen) atoms. The van der Waals surface area contributed by atoms with Crippen LogP contribution in [0.3, 0.4) is 0 Å². The van der Waals surface area contributed by atoms with Gasteiger partial charge in [0.25, 0.3) is 5.56 Å². The van der Waals surface area contributed by atoms with Crippen molar-refractivity contribution in [3.8, 4) is 0 Å². The first kappa shape index (κ1) is 13.1. The molecule has 3 aromatic heterocycles. The summed E-state index contributed by atoms with van der Waals surface area (Å²) >= 11 is 3.02. The van der Waals surface area contributed by atoms with Crippen LogP contribution in [0.5, 0.6) is 0 Å². The van der Waals surface area contributed by atoms with Crippen LogP contribution in [0.2, 0.25) is 0 Å². The number of pyridine rings is 1. The number of thiazole rings is 1. The third kappa shape index (κ3) is 2.68. The number of aryl methyl sites for hydroxylation is 1. The van der Waals surface area contributed by atoms with Crippen molar-refractivity contribution in [2.24, 2.45) is 0 Å². The number of fused-ring (bicyclic) bond motifs is 1. The molecule has 3 aromatic rings. The molecule has 3 heterocycles. The number of nitrogens with zero attached hydrogens (tertiary/aromatic N) is 3. The Labute approximate surface area is 123 Å². The molecule has 0 fully saturated rings. The maximum absolute atomic E-state index is 12.0. The Hall–Kier alpha value is -1.86. The summed E-state index contributed by atoms with van der Waals surface area (Å²) in [6.07, 6.45) is 3.49. The van der Waals surface area contributed by atoms with Gasteiger partial charge >= 0.3 is 0 Å². The van der Waals surface area contributed by atoms with E-state index in [-0.39, 0.29) is 5.56 Å². The van der Waals surface area contributed by atoms with E-state index in [9.17, 15) is 4.79 Å². The molecule has 0 aromatic carbocycles. The van der Waals surface area contributed by atoms with E-state index in [4.69, 9.17) is 5.73 Å². The molecular weight excluding hydrogens is 292 g/mol. The number of hydrogen-bond donors (Lipinski definition) is 1. The molecule has 3 rings (SSSR count). The SMILES string of the molecule is Cc1ccn2c(=O)cc(CSc3cnc(N)s3)nc2c1. The standard InChI is InChI=1S/C13H12N4OS2/c1-8-2-3-17-10(4-8)16-9(5-11(17)18)7-19-12-6-15-13(14)20-12/h2-6H,7H2,1H3,(H2,14,15). The van der Waals surface area contributed by atoms with Crippen LogP contribution >= 0.6 is 23.1 Å². The Morgan fingerprint density at radius 1 is 1.45 bits per heavy atom. The van der Waals surface area contributed by atoms with Crippen LogP contribution in [0.15, 0.2) is 39.6 Å². The van der Waals surface area contributed by atoms with Gasteiger partial charge in [0.05, 0.1) is 16.1 Å². The van der Waals surface area contributed by atoms with E-state index in [0.717, 1.165) is 15.5 Å². The summed E-state index contributed by atoms with van der Waals surface area (Å²) in [5, 5.41) is 0.551. The average Bonchev–Trinajstić information content (AvgIpc) is 2.82. The molecule has 0 aliphatic rings. The Morgan fingerprint density at radius 3 is 3.05 bits per heavy atom. The van der Waals surface area contributed by atoms with Crippen LogP contribution in [0.1, 0.15) is 11.3 Å². The largest absolute Gasteiger partial charge is 0.375 e. The van der Waals surface area contributed by atoms with Gasteiger partial charge in [0, 0.05) is 18.0 Å². The minimum atomic E-state index is -0.0607. The molecule has 0 amide bonds.